The summed E-state index contributed by atoms with van der Waals surface area (Å²) in [6, 6.07) is 14.9. The summed E-state index contributed by atoms with van der Waals surface area (Å²) in [5.74, 6) is -3.27. The van der Waals surface area contributed by atoms with Gasteiger partial charge in [-0.05, 0) is 49.7 Å². The third kappa shape index (κ3) is 8.31. The van der Waals surface area contributed by atoms with Crippen molar-refractivity contribution in [1.82, 2.24) is 20.4 Å². The number of carbonyl (C=O) groups excluding carboxylic acids is 3. The van der Waals surface area contributed by atoms with Crippen LogP contribution in [0.4, 0.5) is 4.79 Å². The Morgan fingerprint density at radius 1 is 0.977 bits per heavy atom. The average Bonchev–Trinajstić information content (AvgIpc) is 3.40. The smallest absolute Gasteiger partial charge is 0.407 e. The minimum Gasteiger partial charge on any atom is -0.480 e. The number of carboxylic acids is 2. The molecule has 4 rings (SSSR count). The monoisotopic (exact) mass is 594 g/mol. The molecule has 2 aromatic rings. The van der Waals surface area contributed by atoms with Gasteiger partial charge in [0, 0.05) is 13.1 Å². The first kappa shape index (κ1) is 31.5. The summed E-state index contributed by atoms with van der Waals surface area (Å²) in [5, 5.41) is 25.1. The fourth-order valence-electron chi connectivity index (χ4n) is 5.83. The topological polar surface area (TPSA) is 166 Å². The molecule has 230 valence electrons. The van der Waals surface area contributed by atoms with Crippen LogP contribution in [0, 0.1) is 5.92 Å². The van der Waals surface area contributed by atoms with Crippen molar-refractivity contribution >= 4 is 29.8 Å². The van der Waals surface area contributed by atoms with Gasteiger partial charge in [0.1, 0.15) is 25.2 Å². The van der Waals surface area contributed by atoms with Gasteiger partial charge in [-0.25, -0.2) is 9.59 Å². The van der Waals surface area contributed by atoms with Gasteiger partial charge in [-0.1, -0.05) is 60.7 Å². The molecule has 0 aromatic heterocycles. The Labute approximate surface area is 250 Å². The van der Waals surface area contributed by atoms with E-state index in [2.05, 4.69) is 10.6 Å². The highest BCUT2D eigenvalue weighted by molar-refractivity contribution is 5.89. The molecule has 2 heterocycles. The van der Waals surface area contributed by atoms with Gasteiger partial charge in [-0.2, -0.15) is 0 Å². The van der Waals surface area contributed by atoms with Crippen LogP contribution in [0.5, 0.6) is 0 Å². The van der Waals surface area contributed by atoms with Crippen LogP contribution in [-0.4, -0.2) is 93.7 Å². The van der Waals surface area contributed by atoms with Crippen molar-refractivity contribution in [2.45, 2.75) is 63.4 Å². The minimum absolute atomic E-state index is 0.0587. The first-order valence-corrected chi connectivity index (χ1v) is 14.4. The van der Waals surface area contributed by atoms with Gasteiger partial charge >= 0.3 is 18.0 Å². The molecule has 0 radical (unpaired) electrons. The number of hydrogen-bond donors (Lipinski definition) is 4. The second kappa shape index (κ2) is 14.6. The van der Waals surface area contributed by atoms with E-state index in [1.54, 1.807) is 0 Å². The molecule has 0 saturated carbocycles. The van der Waals surface area contributed by atoms with Crippen molar-refractivity contribution in [2.24, 2.45) is 5.92 Å². The summed E-state index contributed by atoms with van der Waals surface area (Å²) in [7, 11) is 0. The maximum atomic E-state index is 13.7. The van der Waals surface area contributed by atoms with E-state index in [9.17, 15) is 34.2 Å². The maximum absolute atomic E-state index is 13.7. The second-order valence-electron chi connectivity index (χ2n) is 11.0. The molecule has 2 aliphatic heterocycles. The molecule has 43 heavy (non-hydrogen) atoms. The van der Waals surface area contributed by atoms with Gasteiger partial charge in [-0.3, -0.25) is 19.7 Å². The number of nitrogens with one attached hydrogen (secondary N) is 2. The molecule has 12 heteroatoms. The molecule has 0 bridgehead atoms. The van der Waals surface area contributed by atoms with E-state index in [0.29, 0.717) is 19.4 Å². The summed E-state index contributed by atoms with van der Waals surface area (Å²) in [6.07, 6.45) is 0.743. The Morgan fingerprint density at radius 3 is 2.26 bits per heavy atom. The third-order valence-electron chi connectivity index (χ3n) is 8.11. The van der Waals surface area contributed by atoms with E-state index in [1.165, 1.54) is 16.7 Å². The lowest BCUT2D eigenvalue weighted by Gasteiger charge is -2.40. The standard InChI is InChI=1S/C31H38N4O8/c1-20(33-24(29(38)39)13-12-21-8-4-2-5-9-21)28(37)35-25(30(40)41)16-23-14-15-34(18-26(23)35)27(36)17-32-31(42)43-19-22-10-6-3-7-11-22/h2-11,20,23-26,33H,12-19H2,1H3,(H,32,42)(H,38,39)(H,40,41)/t20-,23-,24+,25-,26+/m0/s1. The molecule has 0 aliphatic carbocycles. The van der Waals surface area contributed by atoms with Crippen LogP contribution in [0.1, 0.15) is 37.3 Å². The van der Waals surface area contributed by atoms with Crippen LogP contribution in [-0.2, 0) is 36.9 Å². The number of carboxylic acid groups (broad SMARTS) is 2. The summed E-state index contributed by atoms with van der Waals surface area (Å²) in [6.45, 7) is 1.76. The normalized spacial score (nSPS) is 20.9. The number of amides is 3. The third-order valence-corrected chi connectivity index (χ3v) is 8.11. The van der Waals surface area contributed by atoms with Gasteiger partial charge < -0.3 is 30.1 Å². The zero-order valence-corrected chi connectivity index (χ0v) is 24.1. The van der Waals surface area contributed by atoms with Gasteiger partial charge in [0.05, 0.1) is 12.1 Å². The van der Waals surface area contributed by atoms with Crippen LogP contribution in [0.2, 0.25) is 0 Å². The number of piperidine rings is 1. The Kier molecular flexibility index (Phi) is 10.7. The van der Waals surface area contributed by atoms with Crippen molar-refractivity contribution in [1.29, 1.82) is 0 Å². The Hall–Kier alpha value is -4.45. The van der Waals surface area contributed by atoms with Gasteiger partial charge in [0.25, 0.3) is 0 Å². The molecule has 2 aliphatic rings. The fraction of sp³-hybridized carbons (Fsp3) is 0.452. The highest BCUT2D eigenvalue weighted by atomic mass is 16.5. The van der Waals surface area contributed by atoms with Gasteiger partial charge in [0.15, 0.2) is 0 Å². The number of likely N-dealkylation sites (tertiary alicyclic amines) is 2. The summed E-state index contributed by atoms with van der Waals surface area (Å²) in [5.41, 5.74) is 1.77. The molecule has 0 spiro atoms. The zero-order valence-electron chi connectivity index (χ0n) is 24.1. The van der Waals surface area contributed by atoms with Gasteiger partial charge in [-0.15, -0.1) is 0 Å². The van der Waals surface area contributed by atoms with Crippen molar-refractivity contribution in [3.8, 4) is 0 Å². The number of carbonyl (C=O) groups is 5. The van der Waals surface area contributed by atoms with E-state index in [4.69, 9.17) is 4.74 Å². The van der Waals surface area contributed by atoms with Gasteiger partial charge in [0.2, 0.25) is 11.8 Å². The number of fused-ring (bicyclic) bond motifs is 1. The zero-order chi connectivity index (χ0) is 30.9. The Bertz CT molecular complexity index is 1290. The highest BCUT2D eigenvalue weighted by Crippen LogP contribution is 2.36. The summed E-state index contributed by atoms with van der Waals surface area (Å²) in [4.78, 5) is 65.7. The number of ether oxygens (including phenoxy) is 1. The maximum Gasteiger partial charge on any atom is 0.407 e. The molecule has 2 aromatic carbocycles. The van der Waals surface area contributed by atoms with E-state index in [0.717, 1.165) is 11.1 Å². The van der Waals surface area contributed by atoms with Crippen molar-refractivity contribution < 1.29 is 38.9 Å². The van der Waals surface area contributed by atoms with Crippen molar-refractivity contribution in [3.05, 3.63) is 71.8 Å². The number of nitrogens with zero attached hydrogens (tertiary/aromatic N) is 2. The summed E-state index contributed by atoms with van der Waals surface area (Å²) >= 11 is 0. The lowest BCUT2D eigenvalue weighted by Crippen LogP contribution is -2.59. The molecule has 2 saturated heterocycles. The molecule has 0 unspecified atom stereocenters. The Morgan fingerprint density at radius 2 is 1.63 bits per heavy atom. The van der Waals surface area contributed by atoms with E-state index >= 15 is 0 Å². The molecule has 4 N–H and O–H groups in total. The SMILES string of the molecule is C[C@H](N[C@H](CCc1ccccc1)C(=O)O)C(=O)N1[C@@H]2CN(C(=O)CNC(=O)OCc3ccccc3)CC[C@H]2C[C@H]1C(=O)O. The first-order chi connectivity index (χ1) is 20.6. The molecular weight excluding hydrogens is 556 g/mol. The molecular formula is C31H38N4O8. The number of benzene rings is 2. The van der Waals surface area contributed by atoms with Crippen LogP contribution in [0.3, 0.4) is 0 Å². The first-order valence-electron chi connectivity index (χ1n) is 14.4. The van der Waals surface area contributed by atoms with E-state index in [1.807, 2.05) is 60.7 Å². The van der Waals surface area contributed by atoms with Crippen molar-refractivity contribution in [2.75, 3.05) is 19.6 Å². The van der Waals surface area contributed by atoms with Crippen LogP contribution < -0.4 is 10.6 Å². The number of alkyl carbamates (subject to hydrolysis) is 1. The molecule has 12 nitrogen and oxygen atoms in total. The number of rotatable bonds is 12. The second-order valence-corrected chi connectivity index (χ2v) is 11.0. The predicted molar refractivity (Wildman–Crippen MR) is 155 cm³/mol. The molecule has 2 fully saturated rings. The van der Waals surface area contributed by atoms with E-state index < -0.39 is 48.1 Å². The van der Waals surface area contributed by atoms with Crippen LogP contribution in [0.25, 0.3) is 0 Å². The number of aryl methyl sites for hydroxylation is 1. The lowest BCUT2D eigenvalue weighted by molar-refractivity contribution is -0.152. The van der Waals surface area contributed by atoms with E-state index in [-0.39, 0.29) is 44.4 Å². The molecule has 3 amide bonds. The highest BCUT2D eigenvalue weighted by Gasteiger charge is 2.50. The van der Waals surface area contributed by atoms with Crippen LogP contribution in [0.15, 0.2) is 60.7 Å². The number of aliphatic carboxylic acids is 2. The predicted octanol–water partition coefficient (Wildman–Crippen LogP) is 1.88. The average molecular weight is 595 g/mol. The Balaban J connectivity index is 1.35. The number of hydrogen-bond acceptors (Lipinski definition) is 7. The molecule has 5 atom stereocenters. The quantitative estimate of drug-likeness (QED) is 0.287. The fourth-order valence-corrected chi connectivity index (χ4v) is 5.83. The van der Waals surface area contributed by atoms with Crippen LogP contribution >= 0.6 is 0 Å². The minimum atomic E-state index is -1.14. The summed E-state index contributed by atoms with van der Waals surface area (Å²) < 4.78 is 5.15. The van der Waals surface area contributed by atoms with Crippen molar-refractivity contribution in [3.63, 3.8) is 0 Å². The lowest BCUT2D eigenvalue weighted by atomic mass is 9.91. The largest absolute Gasteiger partial charge is 0.480 e.